The number of hydrogen-bond donors (Lipinski definition) is 1. The number of halogens is 2. The summed E-state index contributed by atoms with van der Waals surface area (Å²) in [5, 5.41) is 0. The Bertz CT molecular complexity index is 225. The summed E-state index contributed by atoms with van der Waals surface area (Å²) < 4.78 is 13.3. The fourth-order valence-corrected chi connectivity index (χ4v) is 0.855. The Kier molecular flexibility index (Phi) is 3.53. The summed E-state index contributed by atoms with van der Waals surface area (Å²) in [5.74, 6) is -0.185. The first kappa shape index (κ1) is 9.59. The molecule has 1 nitrogen and oxygen atoms in total. The lowest BCUT2D eigenvalue weighted by Gasteiger charge is -1.94. The van der Waals surface area contributed by atoms with Gasteiger partial charge in [0.25, 0.3) is 0 Å². The largest absolute Gasteiger partial charge is 0.344 e. The third-order valence-electron chi connectivity index (χ3n) is 1.12. The molecule has 0 fully saturated rings. The van der Waals surface area contributed by atoms with E-state index in [0.717, 1.165) is 10.0 Å². The zero-order chi connectivity index (χ0) is 6.85. The lowest BCUT2D eigenvalue weighted by atomic mass is 10.2. The van der Waals surface area contributed by atoms with Gasteiger partial charge in [-0.1, -0.05) is 15.9 Å². The van der Waals surface area contributed by atoms with Gasteiger partial charge in [0.2, 0.25) is 0 Å². The Morgan fingerprint density at radius 1 is 1.40 bits per heavy atom. The van der Waals surface area contributed by atoms with Crippen molar-refractivity contribution in [2.45, 2.75) is 6.92 Å². The van der Waals surface area contributed by atoms with Gasteiger partial charge in [0.1, 0.15) is 5.82 Å². The van der Waals surface area contributed by atoms with Crippen molar-refractivity contribution in [2.75, 3.05) is 0 Å². The Labute approximate surface area is 68.0 Å². The third-order valence-corrected chi connectivity index (χ3v) is 2.01. The normalized spacial score (nSPS) is 8.70. The van der Waals surface area contributed by atoms with Crippen molar-refractivity contribution in [1.82, 2.24) is 6.15 Å². The third kappa shape index (κ3) is 2.08. The summed E-state index contributed by atoms with van der Waals surface area (Å²) in [5.41, 5.74) is 0.926. The zero-order valence-electron chi connectivity index (χ0n) is 5.70. The Hall–Kier alpha value is -0.410. The van der Waals surface area contributed by atoms with Gasteiger partial charge in [-0.2, -0.15) is 0 Å². The van der Waals surface area contributed by atoms with Crippen molar-refractivity contribution in [2.24, 2.45) is 0 Å². The number of benzene rings is 1. The quantitative estimate of drug-likeness (QED) is 0.695. The first-order valence-electron chi connectivity index (χ1n) is 2.62. The van der Waals surface area contributed by atoms with E-state index in [4.69, 9.17) is 0 Å². The van der Waals surface area contributed by atoms with E-state index in [-0.39, 0.29) is 12.0 Å². The van der Waals surface area contributed by atoms with Crippen LogP contribution in [0, 0.1) is 12.7 Å². The van der Waals surface area contributed by atoms with E-state index in [0.29, 0.717) is 0 Å². The minimum atomic E-state index is -0.185. The molecule has 10 heavy (non-hydrogen) atoms. The maximum Gasteiger partial charge on any atom is 0.123 e. The molecule has 0 heterocycles. The van der Waals surface area contributed by atoms with Crippen LogP contribution in [0.25, 0.3) is 0 Å². The van der Waals surface area contributed by atoms with Crippen LogP contribution in [-0.4, -0.2) is 0 Å². The average molecular weight is 206 g/mol. The number of hydrogen-bond acceptors (Lipinski definition) is 1. The highest BCUT2D eigenvalue weighted by atomic mass is 79.9. The first-order valence-corrected chi connectivity index (χ1v) is 3.41. The molecular weight excluding hydrogens is 197 g/mol. The predicted octanol–water partition coefficient (Wildman–Crippen LogP) is 3.06. The monoisotopic (exact) mass is 205 g/mol. The van der Waals surface area contributed by atoms with E-state index < -0.39 is 0 Å². The summed E-state index contributed by atoms with van der Waals surface area (Å²) in [6.45, 7) is 1.85. The van der Waals surface area contributed by atoms with Crippen LogP contribution >= 0.6 is 15.9 Å². The molecule has 0 atom stereocenters. The Morgan fingerprint density at radius 2 is 2.00 bits per heavy atom. The van der Waals surface area contributed by atoms with Gasteiger partial charge in [-0.15, -0.1) is 0 Å². The van der Waals surface area contributed by atoms with E-state index in [2.05, 4.69) is 15.9 Å². The average Bonchev–Trinajstić information content (AvgIpc) is 1.80. The molecule has 0 aliphatic carbocycles. The van der Waals surface area contributed by atoms with Gasteiger partial charge in [0, 0.05) is 4.47 Å². The van der Waals surface area contributed by atoms with Crippen LogP contribution in [0.4, 0.5) is 4.39 Å². The maximum absolute atomic E-state index is 12.3. The molecule has 0 saturated carbocycles. The first-order chi connectivity index (χ1) is 4.20. The van der Waals surface area contributed by atoms with Gasteiger partial charge in [-0.3, -0.25) is 0 Å². The molecule has 1 aromatic carbocycles. The molecule has 0 aromatic heterocycles. The van der Waals surface area contributed by atoms with Crippen LogP contribution in [0.5, 0.6) is 0 Å². The molecular formula is C7H9BrFN. The molecule has 1 rings (SSSR count). The van der Waals surface area contributed by atoms with Crippen molar-refractivity contribution in [1.29, 1.82) is 0 Å². The molecule has 1 aromatic rings. The van der Waals surface area contributed by atoms with Crippen LogP contribution in [0.3, 0.4) is 0 Å². The molecule has 56 valence electrons. The standard InChI is InChI=1S/C7H6BrF.H3N/c1-5-4-6(9)2-3-7(5)8;/h2-4H,1H3;1H3. The van der Waals surface area contributed by atoms with Crippen LogP contribution in [0.2, 0.25) is 0 Å². The summed E-state index contributed by atoms with van der Waals surface area (Å²) in [6.07, 6.45) is 0. The number of aryl methyl sites for hydroxylation is 1. The van der Waals surface area contributed by atoms with Crippen molar-refractivity contribution < 1.29 is 4.39 Å². The topological polar surface area (TPSA) is 35.0 Å². The summed E-state index contributed by atoms with van der Waals surface area (Å²) in [6, 6.07) is 4.62. The van der Waals surface area contributed by atoms with E-state index in [1.54, 1.807) is 6.07 Å². The van der Waals surface area contributed by atoms with Crippen LogP contribution in [0.15, 0.2) is 22.7 Å². The van der Waals surface area contributed by atoms with Gasteiger partial charge < -0.3 is 6.15 Å². The molecule has 0 spiro atoms. The Balaban J connectivity index is 0.000000810. The number of rotatable bonds is 0. The van der Waals surface area contributed by atoms with Gasteiger partial charge in [-0.25, -0.2) is 4.39 Å². The highest BCUT2D eigenvalue weighted by Gasteiger charge is 1.93. The van der Waals surface area contributed by atoms with Crippen molar-refractivity contribution in [3.8, 4) is 0 Å². The summed E-state index contributed by atoms with van der Waals surface area (Å²) in [4.78, 5) is 0. The van der Waals surface area contributed by atoms with E-state index in [1.807, 2.05) is 6.92 Å². The highest BCUT2D eigenvalue weighted by molar-refractivity contribution is 9.10. The highest BCUT2D eigenvalue weighted by Crippen LogP contribution is 2.15. The van der Waals surface area contributed by atoms with Crippen LogP contribution < -0.4 is 6.15 Å². The fourth-order valence-electron chi connectivity index (χ4n) is 0.608. The molecule has 0 radical (unpaired) electrons. The lowest BCUT2D eigenvalue weighted by molar-refractivity contribution is 0.626. The minimum Gasteiger partial charge on any atom is -0.344 e. The second-order valence-corrected chi connectivity index (χ2v) is 2.75. The molecule has 3 heteroatoms. The van der Waals surface area contributed by atoms with Gasteiger partial charge in [0.15, 0.2) is 0 Å². The molecule has 0 aliphatic rings. The summed E-state index contributed by atoms with van der Waals surface area (Å²) in [7, 11) is 0. The predicted molar refractivity (Wildman–Crippen MR) is 43.9 cm³/mol. The van der Waals surface area contributed by atoms with Crippen molar-refractivity contribution in [3.63, 3.8) is 0 Å². The SMILES string of the molecule is Cc1cc(F)ccc1Br.N. The van der Waals surface area contributed by atoms with E-state index in [1.165, 1.54) is 12.1 Å². The van der Waals surface area contributed by atoms with Gasteiger partial charge >= 0.3 is 0 Å². The van der Waals surface area contributed by atoms with Gasteiger partial charge in [-0.05, 0) is 30.7 Å². The second-order valence-electron chi connectivity index (χ2n) is 1.89. The molecule has 0 unspecified atom stereocenters. The Morgan fingerprint density at radius 3 is 2.40 bits per heavy atom. The molecule has 0 saturated heterocycles. The van der Waals surface area contributed by atoms with E-state index in [9.17, 15) is 4.39 Å². The van der Waals surface area contributed by atoms with Gasteiger partial charge in [0.05, 0.1) is 0 Å². The van der Waals surface area contributed by atoms with E-state index >= 15 is 0 Å². The van der Waals surface area contributed by atoms with Crippen molar-refractivity contribution >= 4 is 15.9 Å². The maximum atomic E-state index is 12.3. The summed E-state index contributed by atoms with van der Waals surface area (Å²) >= 11 is 3.26. The smallest absolute Gasteiger partial charge is 0.123 e. The van der Waals surface area contributed by atoms with Crippen molar-refractivity contribution in [3.05, 3.63) is 34.1 Å². The fraction of sp³-hybridized carbons (Fsp3) is 0.143. The molecule has 0 amide bonds. The molecule has 0 bridgehead atoms. The molecule has 0 aliphatic heterocycles. The minimum absolute atomic E-state index is 0. The lowest BCUT2D eigenvalue weighted by Crippen LogP contribution is -1.76. The second kappa shape index (κ2) is 3.68. The molecule has 3 N–H and O–H groups in total. The van der Waals surface area contributed by atoms with Crippen LogP contribution in [0.1, 0.15) is 5.56 Å². The zero-order valence-corrected chi connectivity index (χ0v) is 7.28. The van der Waals surface area contributed by atoms with Crippen LogP contribution in [-0.2, 0) is 0 Å².